The van der Waals surface area contributed by atoms with Crippen molar-refractivity contribution in [3.05, 3.63) is 28.8 Å². The van der Waals surface area contributed by atoms with Crippen LogP contribution in [0.3, 0.4) is 0 Å². The third-order valence-electron chi connectivity index (χ3n) is 3.61. The molecule has 0 amide bonds. The van der Waals surface area contributed by atoms with Crippen LogP contribution in [0.4, 0.5) is 0 Å². The van der Waals surface area contributed by atoms with Crippen molar-refractivity contribution >= 4 is 0 Å². The predicted molar refractivity (Wildman–Crippen MR) is 76.4 cm³/mol. The van der Waals surface area contributed by atoms with Gasteiger partial charge in [0.05, 0.1) is 6.04 Å². The van der Waals surface area contributed by atoms with Gasteiger partial charge in [-0.2, -0.15) is 0 Å². The van der Waals surface area contributed by atoms with Gasteiger partial charge < -0.3 is 10.1 Å². The van der Waals surface area contributed by atoms with E-state index >= 15 is 0 Å². The topological polar surface area (TPSA) is 21.3 Å². The van der Waals surface area contributed by atoms with E-state index in [-0.39, 0.29) is 5.41 Å². The van der Waals surface area contributed by atoms with Gasteiger partial charge in [-0.05, 0) is 23.9 Å². The lowest BCUT2D eigenvalue weighted by molar-refractivity contribution is 0.307. The summed E-state index contributed by atoms with van der Waals surface area (Å²) in [6.45, 7) is 12.9. The Labute approximate surface area is 111 Å². The lowest BCUT2D eigenvalue weighted by Gasteiger charge is -2.23. The Morgan fingerprint density at radius 3 is 2.56 bits per heavy atom. The van der Waals surface area contributed by atoms with E-state index in [1.54, 1.807) is 0 Å². The normalized spacial score (nSPS) is 18.6. The highest BCUT2D eigenvalue weighted by molar-refractivity contribution is 5.51. The number of ether oxygens (including phenoxy) is 1. The Balaban J connectivity index is 2.51. The highest BCUT2D eigenvalue weighted by Gasteiger charge is 2.30. The van der Waals surface area contributed by atoms with Gasteiger partial charge >= 0.3 is 0 Å². The van der Waals surface area contributed by atoms with Crippen LogP contribution in [0, 0.1) is 0 Å². The fraction of sp³-hybridized carbons (Fsp3) is 0.625. The molecule has 0 bridgehead atoms. The van der Waals surface area contributed by atoms with E-state index in [1.807, 2.05) is 0 Å². The van der Waals surface area contributed by atoms with Gasteiger partial charge in [0.15, 0.2) is 0 Å². The first-order valence-electron chi connectivity index (χ1n) is 7.00. The van der Waals surface area contributed by atoms with Gasteiger partial charge in [-0.15, -0.1) is 0 Å². The smallest absolute Gasteiger partial charge is 0.128 e. The summed E-state index contributed by atoms with van der Waals surface area (Å²) in [6.07, 6.45) is 1.08. The van der Waals surface area contributed by atoms with E-state index < -0.39 is 0 Å². The molecule has 0 fully saturated rings. The fourth-order valence-electron chi connectivity index (χ4n) is 2.57. The maximum Gasteiger partial charge on any atom is 0.128 e. The van der Waals surface area contributed by atoms with E-state index in [4.69, 9.17) is 4.74 Å². The Morgan fingerprint density at radius 2 is 2.00 bits per heavy atom. The largest absolute Gasteiger partial charge is 0.491 e. The SMILES string of the molecule is CCNC1COc2c1cc(CC)cc2C(C)(C)C. The van der Waals surface area contributed by atoms with E-state index in [9.17, 15) is 0 Å². The molecule has 1 aliphatic rings. The van der Waals surface area contributed by atoms with Gasteiger partial charge in [-0.3, -0.25) is 0 Å². The zero-order valence-electron chi connectivity index (χ0n) is 12.3. The van der Waals surface area contributed by atoms with Crippen molar-refractivity contribution in [3.63, 3.8) is 0 Å². The summed E-state index contributed by atoms with van der Waals surface area (Å²) in [5.41, 5.74) is 4.24. The lowest BCUT2D eigenvalue weighted by Crippen LogP contribution is -2.21. The van der Waals surface area contributed by atoms with Gasteiger partial charge in [-0.1, -0.05) is 46.8 Å². The number of likely N-dealkylation sites (N-methyl/N-ethyl adjacent to an activating group) is 1. The Hall–Kier alpha value is -1.02. The molecule has 18 heavy (non-hydrogen) atoms. The average Bonchev–Trinajstić information content (AvgIpc) is 2.70. The van der Waals surface area contributed by atoms with Crippen LogP contribution in [-0.4, -0.2) is 13.2 Å². The lowest BCUT2D eigenvalue weighted by atomic mass is 9.83. The monoisotopic (exact) mass is 247 g/mol. The zero-order valence-corrected chi connectivity index (χ0v) is 12.3. The molecule has 1 atom stereocenters. The molecule has 0 radical (unpaired) electrons. The number of hydrogen-bond acceptors (Lipinski definition) is 2. The second-order valence-corrected chi connectivity index (χ2v) is 6.09. The van der Waals surface area contributed by atoms with Crippen LogP contribution in [0.1, 0.15) is 57.4 Å². The summed E-state index contributed by atoms with van der Waals surface area (Å²) in [5.74, 6) is 1.12. The summed E-state index contributed by atoms with van der Waals surface area (Å²) in [5, 5.41) is 3.51. The first-order valence-corrected chi connectivity index (χ1v) is 7.00. The molecule has 2 heteroatoms. The minimum Gasteiger partial charge on any atom is -0.491 e. The summed E-state index contributed by atoms with van der Waals surface area (Å²) < 4.78 is 5.96. The van der Waals surface area contributed by atoms with Crippen molar-refractivity contribution in [3.8, 4) is 5.75 Å². The van der Waals surface area contributed by atoms with Crippen molar-refractivity contribution in [2.24, 2.45) is 0 Å². The van der Waals surface area contributed by atoms with Gasteiger partial charge in [0, 0.05) is 11.1 Å². The van der Waals surface area contributed by atoms with Crippen molar-refractivity contribution < 1.29 is 4.74 Å². The molecule has 2 rings (SSSR count). The molecule has 1 N–H and O–H groups in total. The fourth-order valence-corrected chi connectivity index (χ4v) is 2.57. The number of rotatable bonds is 3. The predicted octanol–water partition coefficient (Wildman–Crippen LogP) is 3.59. The van der Waals surface area contributed by atoms with Crippen molar-refractivity contribution in [1.29, 1.82) is 0 Å². The summed E-state index contributed by atoms with van der Waals surface area (Å²) in [4.78, 5) is 0. The van der Waals surface area contributed by atoms with Crippen LogP contribution in [0.5, 0.6) is 5.75 Å². The summed E-state index contributed by atoms with van der Waals surface area (Å²) in [7, 11) is 0. The Morgan fingerprint density at radius 1 is 1.28 bits per heavy atom. The van der Waals surface area contributed by atoms with Crippen LogP contribution in [0.25, 0.3) is 0 Å². The molecule has 2 nitrogen and oxygen atoms in total. The molecule has 100 valence electrons. The third-order valence-corrected chi connectivity index (χ3v) is 3.61. The van der Waals surface area contributed by atoms with E-state index in [2.05, 4.69) is 52.1 Å². The molecule has 0 aromatic heterocycles. The molecule has 1 unspecified atom stereocenters. The van der Waals surface area contributed by atoms with Crippen LogP contribution < -0.4 is 10.1 Å². The highest BCUT2D eigenvalue weighted by atomic mass is 16.5. The highest BCUT2D eigenvalue weighted by Crippen LogP contribution is 2.41. The molecule has 0 saturated heterocycles. The maximum atomic E-state index is 5.96. The summed E-state index contributed by atoms with van der Waals surface area (Å²) >= 11 is 0. The second-order valence-electron chi connectivity index (χ2n) is 6.09. The minimum absolute atomic E-state index is 0.135. The number of hydrogen-bond donors (Lipinski definition) is 1. The first-order chi connectivity index (χ1) is 8.47. The van der Waals surface area contributed by atoms with Crippen molar-refractivity contribution in [1.82, 2.24) is 5.32 Å². The van der Waals surface area contributed by atoms with Crippen LogP contribution >= 0.6 is 0 Å². The number of fused-ring (bicyclic) bond motifs is 1. The molecule has 0 aliphatic carbocycles. The Kier molecular flexibility index (Phi) is 3.67. The van der Waals surface area contributed by atoms with Gasteiger partial charge in [0.2, 0.25) is 0 Å². The summed E-state index contributed by atoms with van der Waals surface area (Å²) in [6, 6.07) is 4.98. The molecule has 1 aliphatic heterocycles. The molecule has 1 heterocycles. The zero-order chi connectivity index (χ0) is 13.3. The van der Waals surface area contributed by atoms with Gasteiger partial charge in [-0.25, -0.2) is 0 Å². The van der Waals surface area contributed by atoms with Crippen molar-refractivity contribution in [2.45, 2.75) is 52.5 Å². The standard InChI is InChI=1S/C16H25NO/c1-6-11-8-12-14(17-7-2)10-18-15(12)13(9-11)16(3,4)5/h8-9,14,17H,6-7,10H2,1-5H3. The van der Waals surface area contributed by atoms with Crippen LogP contribution in [-0.2, 0) is 11.8 Å². The van der Waals surface area contributed by atoms with E-state index in [0.29, 0.717) is 6.04 Å². The van der Waals surface area contributed by atoms with Crippen molar-refractivity contribution in [2.75, 3.05) is 13.2 Å². The third kappa shape index (κ3) is 2.39. The molecule has 0 spiro atoms. The van der Waals surface area contributed by atoms with Crippen LogP contribution in [0.2, 0.25) is 0 Å². The number of nitrogens with one attached hydrogen (secondary N) is 1. The first kappa shape index (κ1) is 13.4. The molecular formula is C16H25NO. The van der Waals surface area contributed by atoms with Gasteiger partial charge in [0.1, 0.15) is 12.4 Å². The molecule has 0 saturated carbocycles. The number of aryl methyl sites for hydroxylation is 1. The molecular weight excluding hydrogens is 222 g/mol. The minimum atomic E-state index is 0.135. The Bertz CT molecular complexity index is 431. The van der Waals surface area contributed by atoms with Gasteiger partial charge in [0.25, 0.3) is 0 Å². The average molecular weight is 247 g/mol. The van der Waals surface area contributed by atoms with Crippen LogP contribution in [0.15, 0.2) is 12.1 Å². The molecule has 1 aromatic rings. The number of benzene rings is 1. The maximum absolute atomic E-state index is 5.96. The van der Waals surface area contributed by atoms with E-state index in [0.717, 1.165) is 25.3 Å². The quantitative estimate of drug-likeness (QED) is 0.881. The second kappa shape index (κ2) is 4.93. The molecule has 1 aromatic carbocycles. The van der Waals surface area contributed by atoms with E-state index in [1.165, 1.54) is 16.7 Å².